The number of aliphatic hydroxyl groups excluding tert-OH is 1. The van der Waals surface area contributed by atoms with Gasteiger partial charge in [0, 0.05) is 0 Å². The van der Waals surface area contributed by atoms with E-state index < -0.39 is 0 Å². The third-order valence-electron chi connectivity index (χ3n) is 2.63. The molecule has 0 bridgehead atoms. The van der Waals surface area contributed by atoms with Crippen molar-refractivity contribution in [2.24, 2.45) is 0 Å². The van der Waals surface area contributed by atoms with Crippen LogP contribution in [0.5, 0.6) is 0 Å². The summed E-state index contributed by atoms with van der Waals surface area (Å²) in [6, 6.07) is 6.38. The summed E-state index contributed by atoms with van der Waals surface area (Å²) in [5.41, 5.74) is 3.69. The predicted octanol–water partition coefficient (Wildman–Crippen LogP) is 3.43. The zero-order valence-electron chi connectivity index (χ0n) is 9.54. The fraction of sp³-hybridized carbons (Fsp3) is 0.538. The second kappa shape index (κ2) is 4.61. The highest BCUT2D eigenvalue weighted by Gasteiger charge is 2.08. The molecule has 0 saturated heterocycles. The average Bonchev–Trinajstić information content (AvgIpc) is 2.16. The van der Waals surface area contributed by atoms with E-state index in [1.165, 1.54) is 11.1 Å². The second-order valence-electron chi connectivity index (χ2n) is 4.43. The molecule has 0 unspecified atom stereocenters. The van der Waals surface area contributed by atoms with E-state index in [1.54, 1.807) is 0 Å². The minimum atomic E-state index is 0.145. The van der Waals surface area contributed by atoms with E-state index in [2.05, 4.69) is 39.8 Å². The zero-order chi connectivity index (χ0) is 10.7. The summed E-state index contributed by atoms with van der Waals surface area (Å²) in [5.74, 6) is 1.04. The standard InChI is InChI=1S/C13H20O/c1-9(2)11-5-6-12(8-14)13(7-11)10(3)4/h5-7,9-10,14H,8H2,1-4H3. The van der Waals surface area contributed by atoms with Crippen LogP contribution in [-0.2, 0) is 6.61 Å². The van der Waals surface area contributed by atoms with Gasteiger partial charge in [-0.3, -0.25) is 0 Å². The monoisotopic (exact) mass is 192 g/mol. The third kappa shape index (κ3) is 2.36. The Kier molecular flexibility index (Phi) is 3.70. The number of rotatable bonds is 3. The van der Waals surface area contributed by atoms with Gasteiger partial charge in [0.25, 0.3) is 0 Å². The van der Waals surface area contributed by atoms with Gasteiger partial charge >= 0.3 is 0 Å². The van der Waals surface area contributed by atoms with Crippen LogP contribution in [0, 0.1) is 0 Å². The summed E-state index contributed by atoms with van der Waals surface area (Å²) in [6.07, 6.45) is 0. The fourth-order valence-electron chi connectivity index (χ4n) is 1.65. The van der Waals surface area contributed by atoms with Crippen molar-refractivity contribution in [2.45, 2.75) is 46.1 Å². The van der Waals surface area contributed by atoms with Crippen LogP contribution in [0.4, 0.5) is 0 Å². The van der Waals surface area contributed by atoms with Crippen LogP contribution >= 0.6 is 0 Å². The van der Waals surface area contributed by atoms with Crippen molar-refractivity contribution in [3.05, 3.63) is 34.9 Å². The van der Waals surface area contributed by atoms with Gasteiger partial charge < -0.3 is 5.11 Å². The molecular weight excluding hydrogens is 172 g/mol. The first kappa shape index (κ1) is 11.3. The van der Waals surface area contributed by atoms with Crippen molar-refractivity contribution in [1.29, 1.82) is 0 Å². The molecule has 1 nitrogen and oxygen atoms in total. The van der Waals surface area contributed by atoms with Crippen LogP contribution in [0.2, 0.25) is 0 Å². The highest BCUT2D eigenvalue weighted by Crippen LogP contribution is 2.24. The lowest BCUT2D eigenvalue weighted by atomic mass is 9.92. The summed E-state index contributed by atoms with van der Waals surface area (Å²) in [6.45, 7) is 8.86. The molecule has 0 aromatic heterocycles. The summed E-state index contributed by atoms with van der Waals surface area (Å²) in [4.78, 5) is 0. The normalized spacial score (nSPS) is 11.4. The molecule has 1 heteroatoms. The Bertz CT molecular complexity index is 300. The van der Waals surface area contributed by atoms with Gasteiger partial charge in [-0.05, 0) is 28.5 Å². The van der Waals surface area contributed by atoms with Gasteiger partial charge in [-0.2, -0.15) is 0 Å². The van der Waals surface area contributed by atoms with Gasteiger partial charge in [0.15, 0.2) is 0 Å². The van der Waals surface area contributed by atoms with E-state index in [-0.39, 0.29) is 6.61 Å². The summed E-state index contributed by atoms with van der Waals surface area (Å²) in [5, 5.41) is 9.20. The predicted molar refractivity (Wildman–Crippen MR) is 60.5 cm³/mol. The molecule has 0 spiro atoms. The lowest BCUT2D eigenvalue weighted by Gasteiger charge is -2.14. The van der Waals surface area contributed by atoms with Crippen molar-refractivity contribution in [3.63, 3.8) is 0 Å². The minimum absolute atomic E-state index is 0.145. The topological polar surface area (TPSA) is 20.2 Å². The Hall–Kier alpha value is -0.820. The fourth-order valence-corrected chi connectivity index (χ4v) is 1.65. The minimum Gasteiger partial charge on any atom is -0.392 e. The quantitative estimate of drug-likeness (QED) is 0.778. The van der Waals surface area contributed by atoms with Crippen LogP contribution in [0.15, 0.2) is 18.2 Å². The maximum absolute atomic E-state index is 9.20. The summed E-state index contributed by atoms with van der Waals surface area (Å²) < 4.78 is 0. The Balaban J connectivity index is 3.14. The van der Waals surface area contributed by atoms with Gasteiger partial charge in [-0.15, -0.1) is 0 Å². The Labute approximate surface area is 86.8 Å². The Morgan fingerprint density at radius 2 is 1.71 bits per heavy atom. The molecule has 78 valence electrons. The molecule has 0 aliphatic rings. The second-order valence-corrected chi connectivity index (χ2v) is 4.43. The molecule has 0 saturated carbocycles. The SMILES string of the molecule is CC(C)c1ccc(CO)c(C(C)C)c1. The van der Waals surface area contributed by atoms with E-state index in [9.17, 15) is 5.11 Å². The van der Waals surface area contributed by atoms with Crippen LogP contribution in [0.25, 0.3) is 0 Å². The van der Waals surface area contributed by atoms with Gasteiger partial charge in [-0.1, -0.05) is 45.9 Å². The number of benzene rings is 1. The molecular formula is C13H20O. The van der Waals surface area contributed by atoms with Crippen LogP contribution in [0.1, 0.15) is 56.2 Å². The highest BCUT2D eigenvalue weighted by molar-refractivity contribution is 5.35. The molecule has 0 aliphatic carbocycles. The molecule has 0 amide bonds. The number of aliphatic hydroxyl groups is 1. The first-order valence-electron chi connectivity index (χ1n) is 5.29. The first-order chi connectivity index (χ1) is 6.56. The van der Waals surface area contributed by atoms with Crippen LogP contribution < -0.4 is 0 Å². The Morgan fingerprint density at radius 3 is 2.14 bits per heavy atom. The number of hydrogen-bond donors (Lipinski definition) is 1. The molecule has 0 heterocycles. The van der Waals surface area contributed by atoms with E-state index in [1.807, 2.05) is 6.07 Å². The highest BCUT2D eigenvalue weighted by atomic mass is 16.3. The Morgan fingerprint density at radius 1 is 1.07 bits per heavy atom. The molecule has 1 aromatic carbocycles. The molecule has 0 radical (unpaired) electrons. The van der Waals surface area contributed by atoms with Gasteiger partial charge in [0.2, 0.25) is 0 Å². The molecule has 0 fully saturated rings. The molecule has 14 heavy (non-hydrogen) atoms. The van der Waals surface area contributed by atoms with Crippen molar-refractivity contribution in [2.75, 3.05) is 0 Å². The molecule has 1 aromatic rings. The maximum atomic E-state index is 9.20. The van der Waals surface area contributed by atoms with E-state index in [0.29, 0.717) is 11.8 Å². The molecule has 1 rings (SSSR count). The largest absolute Gasteiger partial charge is 0.392 e. The van der Waals surface area contributed by atoms with E-state index >= 15 is 0 Å². The maximum Gasteiger partial charge on any atom is 0.0684 e. The lowest BCUT2D eigenvalue weighted by molar-refractivity contribution is 0.280. The molecule has 0 atom stereocenters. The van der Waals surface area contributed by atoms with Crippen molar-refractivity contribution in [3.8, 4) is 0 Å². The average molecular weight is 192 g/mol. The summed E-state index contributed by atoms with van der Waals surface area (Å²) in [7, 11) is 0. The van der Waals surface area contributed by atoms with Crippen LogP contribution in [0.3, 0.4) is 0 Å². The van der Waals surface area contributed by atoms with E-state index in [4.69, 9.17) is 0 Å². The van der Waals surface area contributed by atoms with Gasteiger partial charge in [-0.25, -0.2) is 0 Å². The van der Waals surface area contributed by atoms with E-state index in [0.717, 1.165) is 5.56 Å². The first-order valence-corrected chi connectivity index (χ1v) is 5.29. The molecule has 0 aliphatic heterocycles. The smallest absolute Gasteiger partial charge is 0.0684 e. The van der Waals surface area contributed by atoms with Gasteiger partial charge in [0.1, 0.15) is 0 Å². The summed E-state index contributed by atoms with van der Waals surface area (Å²) >= 11 is 0. The van der Waals surface area contributed by atoms with Crippen molar-refractivity contribution in [1.82, 2.24) is 0 Å². The number of hydrogen-bond acceptors (Lipinski definition) is 1. The van der Waals surface area contributed by atoms with Crippen LogP contribution in [-0.4, -0.2) is 5.11 Å². The van der Waals surface area contributed by atoms with Crippen molar-refractivity contribution < 1.29 is 5.11 Å². The third-order valence-corrected chi connectivity index (χ3v) is 2.63. The van der Waals surface area contributed by atoms with Gasteiger partial charge in [0.05, 0.1) is 6.61 Å². The zero-order valence-corrected chi connectivity index (χ0v) is 9.54. The molecule has 1 N–H and O–H groups in total. The lowest BCUT2D eigenvalue weighted by Crippen LogP contribution is -1.99. The van der Waals surface area contributed by atoms with Crippen molar-refractivity contribution >= 4 is 0 Å².